The first-order chi connectivity index (χ1) is 23.9. The highest BCUT2D eigenvalue weighted by Gasteiger charge is 2.30. The molecule has 14 heteroatoms. The molecule has 0 saturated heterocycles. The number of halogens is 1. The molecule has 3 atom stereocenters. The largest absolute Gasteiger partial charge is 0.465 e. The molecule has 12 nitrogen and oxygen atoms in total. The summed E-state index contributed by atoms with van der Waals surface area (Å²) in [6, 6.07) is 4.51. The van der Waals surface area contributed by atoms with E-state index in [2.05, 4.69) is 26.6 Å². The number of anilines is 1. The van der Waals surface area contributed by atoms with Crippen molar-refractivity contribution in [2.75, 3.05) is 32.1 Å². The summed E-state index contributed by atoms with van der Waals surface area (Å²) in [6.45, 7) is 17.2. The minimum absolute atomic E-state index is 0.0334. The Morgan fingerprint density at radius 3 is 1.96 bits per heavy atom. The van der Waals surface area contributed by atoms with Crippen LogP contribution in [-0.4, -0.2) is 74.2 Å². The van der Waals surface area contributed by atoms with Crippen LogP contribution in [0.15, 0.2) is 24.3 Å². The maximum Gasteiger partial charge on any atom is 0.408 e. The number of hydrogen-bond donors (Lipinski definition) is 5. The predicted octanol–water partition coefficient (Wildman–Crippen LogP) is 5.90. The molecule has 0 spiro atoms. The Morgan fingerprint density at radius 1 is 0.863 bits per heavy atom. The SMILES string of the molecule is CCC(CNc1sc(C(=O)NCCNC(=O)[C@H](CC(C)C)NC(=O)[C@H](CC(C)C)NC(=O)OC(C)(C)C)c(C)c1C(=O)OC)c1ccc(F)cc1. The minimum atomic E-state index is -0.902. The lowest BCUT2D eigenvalue weighted by molar-refractivity contribution is -0.130. The number of hydrogen-bond acceptors (Lipinski definition) is 9. The Hall–Kier alpha value is -4.20. The van der Waals surface area contributed by atoms with Gasteiger partial charge >= 0.3 is 12.1 Å². The second-order valence-corrected chi connectivity index (χ2v) is 15.4. The standard InChI is InChI=1S/C37H56FN5O7S/c1-11-24(25-12-14-26(38)15-13-25)20-41-34-29(35(47)49-10)23(6)30(51-34)33(46)40-17-16-39-31(44)27(18-21(2)3)42-32(45)28(19-22(4)5)43-36(48)50-37(7,8)9/h12-15,21-22,24,27-28,41H,11,16-20H2,1-10H3,(H,39,44)(H,40,46)(H,42,45)(H,43,48)/t24?,27-,28-/m0/s1. The van der Waals surface area contributed by atoms with Gasteiger partial charge in [0.25, 0.3) is 5.91 Å². The molecule has 284 valence electrons. The van der Waals surface area contributed by atoms with Gasteiger partial charge in [0, 0.05) is 25.6 Å². The zero-order chi connectivity index (χ0) is 38.5. The van der Waals surface area contributed by atoms with Gasteiger partial charge in [-0.3, -0.25) is 14.4 Å². The number of amides is 4. The van der Waals surface area contributed by atoms with Gasteiger partial charge in [0.15, 0.2) is 0 Å². The van der Waals surface area contributed by atoms with Crippen LogP contribution in [0, 0.1) is 24.6 Å². The van der Waals surface area contributed by atoms with Crippen LogP contribution in [0.3, 0.4) is 0 Å². The van der Waals surface area contributed by atoms with Crippen LogP contribution in [0.2, 0.25) is 0 Å². The van der Waals surface area contributed by atoms with Crippen LogP contribution in [0.1, 0.15) is 112 Å². The van der Waals surface area contributed by atoms with Crippen LogP contribution in [-0.2, 0) is 19.1 Å². The molecular weight excluding hydrogens is 678 g/mol. The van der Waals surface area contributed by atoms with E-state index in [4.69, 9.17) is 9.47 Å². The number of carbonyl (C=O) groups is 5. The fourth-order valence-corrected chi connectivity index (χ4v) is 6.46. The molecule has 1 aromatic carbocycles. The number of nitrogens with one attached hydrogen (secondary N) is 5. The molecule has 0 fully saturated rings. The summed E-state index contributed by atoms with van der Waals surface area (Å²) < 4.78 is 23.8. The molecule has 0 aliphatic carbocycles. The molecule has 0 saturated carbocycles. The van der Waals surface area contributed by atoms with Gasteiger partial charge in [-0.25, -0.2) is 14.0 Å². The Morgan fingerprint density at radius 2 is 1.43 bits per heavy atom. The first kappa shape index (κ1) is 43.0. The molecule has 2 rings (SSSR count). The summed E-state index contributed by atoms with van der Waals surface area (Å²) in [7, 11) is 1.27. The number of alkyl carbamates (subject to hydrolysis) is 1. The molecule has 5 N–H and O–H groups in total. The fourth-order valence-electron chi connectivity index (χ4n) is 5.34. The predicted molar refractivity (Wildman–Crippen MR) is 198 cm³/mol. The molecule has 1 unspecified atom stereocenters. The highest BCUT2D eigenvalue weighted by atomic mass is 32.1. The van der Waals surface area contributed by atoms with Crippen molar-refractivity contribution in [3.8, 4) is 0 Å². The average Bonchev–Trinajstić information content (AvgIpc) is 3.37. The van der Waals surface area contributed by atoms with E-state index in [1.54, 1.807) is 39.8 Å². The van der Waals surface area contributed by atoms with E-state index in [1.165, 1.54) is 19.2 Å². The molecule has 0 radical (unpaired) electrons. The van der Waals surface area contributed by atoms with E-state index in [0.29, 0.717) is 34.8 Å². The molecule has 0 aliphatic heterocycles. The highest BCUT2D eigenvalue weighted by molar-refractivity contribution is 7.18. The molecule has 4 amide bonds. The van der Waals surface area contributed by atoms with Crippen molar-refractivity contribution in [1.29, 1.82) is 0 Å². The molecule has 51 heavy (non-hydrogen) atoms. The second-order valence-electron chi connectivity index (χ2n) is 14.4. The lowest BCUT2D eigenvalue weighted by atomic mass is 9.96. The Labute approximate surface area is 305 Å². The third-order valence-corrected chi connectivity index (χ3v) is 9.10. The van der Waals surface area contributed by atoms with Crippen molar-refractivity contribution >= 4 is 46.1 Å². The fraction of sp³-hybridized carbons (Fsp3) is 0.595. The third-order valence-electron chi connectivity index (χ3n) is 7.85. The van der Waals surface area contributed by atoms with E-state index in [0.717, 1.165) is 23.3 Å². The van der Waals surface area contributed by atoms with Crippen molar-refractivity contribution in [3.05, 3.63) is 51.7 Å². The smallest absolute Gasteiger partial charge is 0.408 e. The van der Waals surface area contributed by atoms with Crippen molar-refractivity contribution < 1.29 is 37.8 Å². The van der Waals surface area contributed by atoms with E-state index >= 15 is 0 Å². The number of benzene rings is 1. The van der Waals surface area contributed by atoms with Crippen molar-refractivity contribution in [1.82, 2.24) is 21.3 Å². The second kappa shape index (κ2) is 20.0. The summed E-state index contributed by atoms with van der Waals surface area (Å²) in [5, 5.41) is 14.8. The normalized spacial score (nSPS) is 13.2. The van der Waals surface area contributed by atoms with Crippen LogP contribution in [0.4, 0.5) is 14.2 Å². The number of thiophene rings is 1. The lowest BCUT2D eigenvalue weighted by Gasteiger charge is -2.26. The maximum absolute atomic E-state index is 13.5. The molecular formula is C37H56FN5O7S. The highest BCUT2D eigenvalue weighted by Crippen LogP contribution is 2.34. The molecule has 0 aliphatic rings. The van der Waals surface area contributed by atoms with Crippen molar-refractivity contribution in [2.45, 2.75) is 105 Å². The minimum Gasteiger partial charge on any atom is -0.465 e. The summed E-state index contributed by atoms with van der Waals surface area (Å²) in [5.74, 6) is -2.06. The monoisotopic (exact) mass is 733 g/mol. The van der Waals surface area contributed by atoms with Crippen LogP contribution < -0.4 is 26.6 Å². The van der Waals surface area contributed by atoms with Gasteiger partial charge in [-0.1, -0.05) is 46.8 Å². The Kier molecular flexibility index (Phi) is 16.8. The third kappa shape index (κ3) is 14.2. The Bertz CT molecular complexity index is 1490. The topological polar surface area (TPSA) is 164 Å². The first-order valence-corrected chi connectivity index (χ1v) is 18.2. The number of ether oxygens (including phenoxy) is 2. The maximum atomic E-state index is 13.5. The molecule has 0 bridgehead atoms. The van der Waals surface area contributed by atoms with E-state index < -0.39 is 47.5 Å². The molecule has 1 heterocycles. The van der Waals surface area contributed by atoms with Gasteiger partial charge in [-0.05, 0) is 82.1 Å². The number of methoxy groups -OCH3 is 1. The van der Waals surface area contributed by atoms with Crippen LogP contribution in [0.25, 0.3) is 0 Å². The zero-order valence-corrected chi connectivity index (χ0v) is 32.4. The van der Waals surface area contributed by atoms with Gasteiger partial charge in [-0.2, -0.15) is 0 Å². The first-order valence-electron chi connectivity index (χ1n) is 17.4. The zero-order valence-electron chi connectivity index (χ0n) is 31.6. The summed E-state index contributed by atoms with van der Waals surface area (Å²) in [5.41, 5.74) is 0.927. The Balaban J connectivity index is 2.07. The van der Waals surface area contributed by atoms with Crippen LogP contribution >= 0.6 is 11.3 Å². The van der Waals surface area contributed by atoms with Crippen molar-refractivity contribution in [2.24, 2.45) is 11.8 Å². The summed E-state index contributed by atoms with van der Waals surface area (Å²) >= 11 is 1.13. The van der Waals surface area contributed by atoms with E-state index in [9.17, 15) is 28.4 Å². The molecule has 2 aromatic rings. The van der Waals surface area contributed by atoms with Gasteiger partial charge < -0.3 is 36.1 Å². The number of rotatable bonds is 18. The van der Waals surface area contributed by atoms with Crippen molar-refractivity contribution in [3.63, 3.8) is 0 Å². The summed E-state index contributed by atoms with van der Waals surface area (Å²) in [6.07, 6.45) is 0.739. The van der Waals surface area contributed by atoms with Gasteiger partial charge in [0.2, 0.25) is 11.8 Å². The van der Waals surface area contributed by atoms with E-state index in [1.807, 2.05) is 34.6 Å². The number of esters is 1. The summed E-state index contributed by atoms with van der Waals surface area (Å²) in [4.78, 5) is 65.3. The lowest BCUT2D eigenvalue weighted by Crippen LogP contribution is -2.55. The van der Waals surface area contributed by atoms with Gasteiger partial charge in [-0.15, -0.1) is 11.3 Å². The van der Waals surface area contributed by atoms with Gasteiger partial charge in [0.05, 0.1) is 17.6 Å². The quantitative estimate of drug-likeness (QED) is 0.0934. The average molecular weight is 734 g/mol. The number of carbonyl (C=O) groups excluding carboxylic acids is 5. The van der Waals surface area contributed by atoms with E-state index in [-0.39, 0.29) is 42.2 Å². The van der Waals surface area contributed by atoms with Gasteiger partial charge in [0.1, 0.15) is 28.5 Å². The molecule has 1 aromatic heterocycles. The van der Waals surface area contributed by atoms with Crippen LogP contribution in [0.5, 0.6) is 0 Å².